The number of anilines is 1. The second-order valence-electron chi connectivity index (χ2n) is 7.67. The molecule has 182 valence electrons. The Morgan fingerprint density at radius 1 is 1.03 bits per heavy atom. The number of hydrogen-bond acceptors (Lipinski definition) is 6. The summed E-state index contributed by atoms with van der Waals surface area (Å²) in [5, 5.41) is 25.4. The van der Waals surface area contributed by atoms with E-state index in [1.54, 1.807) is 54.6 Å². The summed E-state index contributed by atoms with van der Waals surface area (Å²) >= 11 is 6.93. The van der Waals surface area contributed by atoms with Crippen molar-refractivity contribution in [2.24, 2.45) is 5.16 Å². The SMILES string of the molecule is CC(C)c1cc(Oc2c(Br)cc(/C(=N\OCC(=O)O)C(=O)Nc3ccccc3)cc2Br)ccc1O. The second kappa shape index (κ2) is 11.9. The average molecular weight is 606 g/mol. The first-order valence-corrected chi connectivity index (χ1v) is 12.0. The van der Waals surface area contributed by atoms with Crippen LogP contribution in [0.2, 0.25) is 0 Å². The molecule has 0 spiro atoms. The van der Waals surface area contributed by atoms with Gasteiger partial charge in [-0.3, -0.25) is 4.79 Å². The zero-order valence-electron chi connectivity index (χ0n) is 18.8. The van der Waals surface area contributed by atoms with Crippen LogP contribution < -0.4 is 10.1 Å². The Labute approximate surface area is 218 Å². The molecule has 0 aromatic heterocycles. The zero-order valence-corrected chi connectivity index (χ0v) is 22.0. The predicted octanol–water partition coefficient (Wildman–Crippen LogP) is 6.28. The summed E-state index contributed by atoms with van der Waals surface area (Å²) in [5.74, 6) is -0.580. The number of carbonyl (C=O) groups excluding carboxylic acids is 1. The van der Waals surface area contributed by atoms with Gasteiger partial charge in [0.25, 0.3) is 5.91 Å². The number of rotatable bonds is 9. The highest BCUT2D eigenvalue weighted by molar-refractivity contribution is 9.11. The van der Waals surface area contributed by atoms with Gasteiger partial charge in [-0.15, -0.1) is 0 Å². The van der Waals surface area contributed by atoms with Gasteiger partial charge in [-0.2, -0.15) is 0 Å². The van der Waals surface area contributed by atoms with Crippen LogP contribution in [0.15, 0.2) is 74.8 Å². The molecular formula is C25H22Br2N2O6. The number of aliphatic carboxylic acids is 1. The van der Waals surface area contributed by atoms with E-state index in [-0.39, 0.29) is 17.4 Å². The van der Waals surface area contributed by atoms with Gasteiger partial charge in [-0.25, -0.2) is 4.79 Å². The van der Waals surface area contributed by atoms with Crippen LogP contribution in [0, 0.1) is 0 Å². The van der Waals surface area contributed by atoms with Gasteiger partial charge in [-0.05, 0) is 80.2 Å². The van der Waals surface area contributed by atoms with Crippen molar-refractivity contribution in [1.82, 2.24) is 0 Å². The van der Waals surface area contributed by atoms with Crippen LogP contribution in [-0.4, -0.2) is 34.4 Å². The Hall–Kier alpha value is -3.37. The lowest BCUT2D eigenvalue weighted by molar-refractivity contribution is -0.142. The summed E-state index contributed by atoms with van der Waals surface area (Å²) in [7, 11) is 0. The molecule has 35 heavy (non-hydrogen) atoms. The van der Waals surface area contributed by atoms with E-state index in [0.717, 1.165) is 5.56 Å². The standard InChI is InChI=1S/C25H22Br2N2O6/c1-14(2)18-12-17(8-9-21(18)30)35-24-19(26)10-15(11-20(24)27)23(29-34-13-22(31)32)25(33)28-16-6-4-3-5-7-16/h3-12,14,30H,13H2,1-2H3,(H,28,33)(H,31,32)/b29-23+. The summed E-state index contributed by atoms with van der Waals surface area (Å²) < 4.78 is 7.03. The van der Waals surface area contributed by atoms with Crippen molar-refractivity contribution in [3.8, 4) is 17.2 Å². The number of nitrogens with zero attached hydrogens (tertiary/aromatic N) is 1. The summed E-state index contributed by atoms with van der Waals surface area (Å²) in [6, 6.07) is 16.9. The molecule has 3 aromatic rings. The zero-order chi connectivity index (χ0) is 25.5. The Balaban J connectivity index is 1.93. The minimum absolute atomic E-state index is 0.0977. The minimum Gasteiger partial charge on any atom is -0.508 e. The van der Waals surface area contributed by atoms with Crippen LogP contribution in [0.25, 0.3) is 0 Å². The number of carboxylic acid groups (broad SMARTS) is 1. The Morgan fingerprint density at radius 2 is 1.69 bits per heavy atom. The first kappa shape index (κ1) is 26.2. The van der Waals surface area contributed by atoms with E-state index >= 15 is 0 Å². The Kier molecular flexibility index (Phi) is 8.89. The van der Waals surface area contributed by atoms with Gasteiger partial charge in [0.1, 0.15) is 11.5 Å². The van der Waals surface area contributed by atoms with E-state index in [1.807, 2.05) is 19.9 Å². The van der Waals surface area contributed by atoms with E-state index in [9.17, 15) is 14.7 Å². The molecular weight excluding hydrogens is 584 g/mol. The number of phenols is 1. The van der Waals surface area contributed by atoms with Crippen molar-refractivity contribution in [2.75, 3.05) is 11.9 Å². The lowest BCUT2D eigenvalue weighted by Crippen LogP contribution is -2.24. The molecule has 10 heteroatoms. The number of nitrogens with one attached hydrogen (secondary N) is 1. The van der Waals surface area contributed by atoms with Gasteiger partial charge < -0.3 is 25.1 Å². The van der Waals surface area contributed by atoms with E-state index < -0.39 is 18.5 Å². The maximum atomic E-state index is 13.0. The van der Waals surface area contributed by atoms with Crippen LogP contribution >= 0.6 is 31.9 Å². The summed E-state index contributed by atoms with van der Waals surface area (Å²) in [4.78, 5) is 28.7. The third kappa shape index (κ3) is 7.06. The van der Waals surface area contributed by atoms with Crippen molar-refractivity contribution >= 4 is 55.1 Å². The number of para-hydroxylation sites is 1. The normalized spacial score (nSPS) is 11.3. The molecule has 0 saturated heterocycles. The number of ether oxygens (including phenoxy) is 1. The van der Waals surface area contributed by atoms with Crippen molar-refractivity contribution in [3.05, 3.63) is 80.7 Å². The Bertz CT molecular complexity index is 1240. The van der Waals surface area contributed by atoms with Crippen LogP contribution in [0.5, 0.6) is 17.2 Å². The molecule has 0 unspecified atom stereocenters. The molecule has 0 atom stereocenters. The molecule has 8 nitrogen and oxygen atoms in total. The van der Waals surface area contributed by atoms with Crippen molar-refractivity contribution in [3.63, 3.8) is 0 Å². The molecule has 0 aliphatic carbocycles. The maximum Gasteiger partial charge on any atom is 0.344 e. The lowest BCUT2D eigenvalue weighted by atomic mass is 10.0. The van der Waals surface area contributed by atoms with Gasteiger partial charge in [-0.1, -0.05) is 37.2 Å². The number of carbonyl (C=O) groups is 2. The molecule has 0 heterocycles. The second-order valence-corrected chi connectivity index (χ2v) is 9.38. The minimum atomic E-state index is -1.22. The fourth-order valence-corrected chi connectivity index (χ4v) is 4.41. The van der Waals surface area contributed by atoms with E-state index in [2.05, 4.69) is 42.3 Å². The molecule has 3 N–H and O–H groups in total. The number of hydrogen-bond donors (Lipinski definition) is 3. The number of halogens is 2. The Morgan fingerprint density at radius 3 is 2.29 bits per heavy atom. The van der Waals surface area contributed by atoms with Crippen LogP contribution in [0.1, 0.15) is 30.9 Å². The topological polar surface area (TPSA) is 117 Å². The first-order chi connectivity index (χ1) is 16.7. The smallest absolute Gasteiger partial charge is 0.344 e. The van der Waals surface area contributed by atoms with Gasteiger partial charge in [0, 0.05) is 16.8 Å². The molecule has 0 aliphatic rings. The molecule has 1 amide bonds. The van der Waals surface area contributed by atoms with Crippen LogP contribution in [0.4, 0.5) is 5.69 Å². The highest BCUT2D eigenvalue weighted by atomic mass is 79.9. The quantitative estimate of drug-likeness (QED) is 0.195. The fraction of sp³-hybridized carbons (Fsp3) is 0.160. The molecule has 0 bridgehead atoms. The molecule has 0 radical (unpaired) electrons. The van der Waals surface area contributed by atoms with Gasteiger partial charge in [0.2, 0.25) is 6.61 Å². The molecule has 0 saturated carbocycles. The monoisotopic (exact) mass is 604 g/mol. The molecule has 0 aliphatic heterocycles. The number of aromatic hydroxyl groups is 1. The first-order valence-electron chi connectivity index (χ1n) is 10.4. The van der Waals surface area contributed by atoms with Crippen LogP contribution in [-0.2, 0) is 14.4 Å². The lowest BCUT2D eigenvalue weighted by Gasteiger charge is -2.15. The highest BCUT2D eigenvalue weighted by Crippen LogP contribution is 2.39. The van der Waals surface area contributed by atoms with E-state index in [4.69, 9.17) is 14.7 Å². The largest absolute Gasteiger partial charge is 0.508 e. The number of phenolic OH excluding ortho intramolecular Hbond substituents is 1. The summed E-state index contributed by atoms with van der Waals surface area (Å²) in [6.07, 6.45) is 0. The van der Waals surface area contributed by atoms with Crippen molar-refractivity contribution in [1.29, 1.82) is 0 Å². The highest BCUT2D eigenvalue weighted by Gasteiger charge is 2.20. The average Bonchev–Trinajstić information content (AvgIpc) is 2.80. The van der Waals surface area contributed by atoms with Gasteiger partial charge in [0.15, 0.2) is 11.5 Å². The third-order valence-corrected chi connectivity index (χ3v) is 5.88. The number of benzene rings is 3. The van der Waals surface area contributed by atoms with Gasteiger partial charge >= 0.3 is 5.97 Å². The van der Waals surface area contributed by atoms with Crippen molar-refractivity contribution < 1.29 is 29.4 Å². The molecule has 3 rings (SSSR count). The van der Waals surface area contributed by atoms with E-state index in [0.29, 0.717) is 31.7 Å². The third-order valence-electron chi connectivity index (χ3n) is 4.70. The fourth-order valence-electron chi connectivity index (χ4n) is 3.06. The molecule has 0 fully saturated rings. The van der Waals surface area contributed by atoms with Gasteiger partial charge in [0.05, 0.1) is 8.95 Å². The van der Waals surface area contributed by atoms with Crippen molar-refractivity contribution in [2.45, 2.75) is 19.8 Å². The predicted molar refractivity (Wildman–Crippen MR) is 139 cm³/mol. The number of amides is 1. The maximum absolute atomic E-state index is 13.0. The summed E-state index contributed by atoms with van der Waals surface area (Å²) in [5.41, 5.74) is 1.50. The van der Waals surface area contributed by atoms with E-state index in [1.165, 1.54) is 0 Å². The number of carboxylic acids is 1. The number of oxime groups is 1. The van der Waals surface area contributed by atoms with Crippen LogP contribution in [0.3, 0.4) is 0 Å². The summed E-state index contributed by atoms with van der Waals surface area (Å²) in [6.45, 7) is 3.23. The molecule has 3 aromatic carbocycles.